The lowest BCUT2D eigenvalue weighted by Crippen LogP contribution is -2.38. The zero-order valence-electron chi connectivity index (χ0n) is 18.2. The summed E-state index contributed by atoms with van der Waals surface area (Å²) in [5.41, 5.74) is 1.10. The van der Waals surface area contributed by atoms with Crippen LogP contribution in [0.4, 0.5) is 15.8 Å². The zero-order chi connectivity index (χ0) is 24.0. The van der Waals surface area contributed by atoms with Crippen molar-refractivity contribution in [2.24, 2.45) is 0 Å². The maximum Gasteiger partial charge on any atom is 0.253 e. The van der Waals surface area contributed by atoms with Crippen molar-refractivity contribution in [3.05, 3.63) is 95.8 Å². The summed E-state index contributed by atoms with van der Waals surface area (Å²) in [5, 5.41) is 5.45. The normalized spacial score (nSPS) is 12.0. The van der Waals surface area contributed by atoms with E-state index in [4.69, 9.17) is 0 Å². The number of halogens is 1. The van der Waals surface area contributed by atoms with Gasteiger partial charge in [-0.05, 0) is 36.8 Å². The minimum atomic E-state index is -3.95. The summed E-state index contributed by atoms with van der Waals surface area (Å²) in [6.07, 6.45) is 0.888. The summed E-state index contributed by atoms with van der Waals surface area (Å²) < 4.78 is 39.3. The van der Waals surface area contributed by atoms with Gasteiger partial charge in [0.15, 0.2) is 0 Å². The van der Waals surface area contributed by atoms with E-state index in [0.29, 0.717) is 4.31 Å². The largest absolute Gasteiger partial charge is 0.345 e. The van der Waals surface area contributed by atoms with Crippen LogP contribution in [-0.4, -0.2) is 33.0 Å². The van der Waals surface area contributed by atoms with Crippen LogP contribution in [0.5, 0.6) is 0 Å². The van der Waals surface area contributed by atoms with Gasteiger partial charge in [0.2, 0.25) is 15.9 Å². The Kier molecular flexibility index (Phi) is 7.44. The van der Waals surface area contributed by atoms with E-state index in [2.05, 4.69) is 10.6 Å². The molecule has 172 valence electrons. The van der Waals surface area contributed by atoms with Crippen molar-refractivity contribution in [2.45, 2.75) is 13.0 Å². The van der Waals surface area contributed by atoms with E-state index in [0.717, 1.165) is 17.9 Å². The van der Waals surface area contributed by atoms with Gasteiger partial charge in [-0.3, -0.25) is 13.9 Å². The Balaban J connectivity index is 1.77. The first-order valence-electron chi connectivity index (χ1n) is 10.1. The van der Waals surface area contributed by atoms with Gasteiger partial charge < -0.3 is 10.6 Å². The molecule has 3 rings (SSSR count). The number of para-hydroxylation sites is 2. The summed E-state index contributed by atoms with van der Waals surface area (Å²) in [6, 6.07) is 20.8. The highest BCUT2D eigenvalue weighted by atomic mass is 32.2. The van der Waals surface area contributed by atoms with Crippen LogP contribution in [-0.2, 0) is 14.8 Å². The lowest BCUT2D eigenvalue weighted by molar-refractivity contribution is -0.114. The Hall–Kier alpha value is -3.72. The Bertz CT molecular complexity index is 1250. The van der Waals surface area contributed by atoms with Gasteiger partial charge in [-0.2, -0.15) is 0 Å². The number of carbonyl (C=O) groups excluding carboxylic acids is 2. The minimum absolute atomic E-state index is 0.210. The fraction of sp³-hybridized carbons (Fsp3) is 0.167. The Morgan fingerprint density at radius 3 is 2.21 bits per heavy atom. The third-order valence-electron chi connectivity index (χ3n) is 4.90. The van der Waals surface area contributed by atoms with Crippen molar-refractivity contribution < 1.29 is 22.4 Å². The first-order chi connectivity index (χ1) is 15.7. The molecule has 0 fully saturated rings. The van der Waals surface area contributed by atoms with E-state index in [1.807, 2.05) is 37.3 Å². The molecule has 2 amide bonds. The summed E-state index contributed by atoms with van der Waals surface area (Å²) in [4.78, 5) is 25.6. The van der Waals surface area contributed by atoms with Crippen molar-refractivity contribution in [1.82, 2.24) is 5.32 Å². The van der Waals surface area contributed by atoms with Crippen LogP contribution in [0.15, 0.2) is 78.9 Å². The molecule has 0 aliphatic carbocycles. The number of benzene rings is 3. The van der Waals surface area contributed by atoms with Crippen LogP contribution < -0.4 is 14.9 Å². The highest BCUT2D eigenvalue weighted by Crippen LogP contribution is 2.22. The summed E-state index contributed by atoms with van der Waals surface area (Å²) >= 11 is 0. The van der Waals surface area contributed by atoms with Crippen molar-refractivity contribution >= 4 is 33.2 Å². The van der Waals surface area contributed by atoms with Gasteiger partial charge >= 0.3 is 0 Å². The third kappa shape index (κ3) is 6.17. The first kappa shape index (κ1) is 23.9. The molecule has 0 aromatic heterocycles. The second-order valence-corrected chi connectivity index (χ2v) is 9.33. The lowest BCUT2D eigenvalue weighted by Gasteiger charge is -2.22. The molecule has 3 aromatic carbocycles. The molecule has 3 aromatic rings. The van der Waals surface area contributed by atoms with E-state index in [9.17, 15) is 22.4 Å². The monoisotopic (exact) mass is 469 g/mol. The van der Waals surface area contributed by atoms with Gasteiger partial charge in [0.05, 0.1) is 29.2 Å². The highest BCUT2D eigenvalue weighted by Gasteiger charge is 2.24. The molecule has 0 heterocycles. The fourth-order valence-electron chi connectivity index (χ4n) is 3.24. The van der Waals surface area contributed by atoms with Crippen LogP contribution in [0.2, 0.25) is 0 Å². The predicted octanol–water partition coefficient (Wildman–Crippen LogP) is 3.72. The van der Waals surface area contributed by atoms with Gasteiger partial charge in [-0.25, -0.2) is 12.8 Å². The number of rotatable bonds is 8. The van der Waals surface area contributed by atoms with Gasteiger partial charge in [0.25, 0.3) is 5.91 Å². The molecule has 0 bridgehead atoms. The van der Waals surface area contributed by atoms with Crippen molar-refractivity contribution in [3.8, 4) is 0 Å². The molecular weight excluding hydrogens is 445 g/mol. The standard InChI is InChI=1S/C24H24FN3O4S/c1-17(18-10-4-3-5-11-18)26-24(30)19-12-6-8-14-21(19)27-23(29)16-28(33(2,31)32)22-15-9-7-13-20(22)25/h3-15,17H,16H2,1-2H3,(H,26,30)(H,27,29)/t17-/m1/s1. The molecule has 0 spiro atoms. The van der Waals surface area contributed by atoms with E-state index < -0.39 is 34.2 Å². The van der Waals surface area contributed by atoms with Crippen LogP contribution >= 0.6 is 0 Å². The van der Waals surface area contributed by atoms with E-state index in [1.165, 1.54) is 24.3 Å². The molecule has 9 heteroatoms. The Labute approximate surface area is 192 Å². The summed E-state index contributed by atoms with van der Waals surface area (Å²) in [5.74, 6) is -1.90. The molecular formula is C24H24FN3O4S. The number of anilines is 2. The van der Waals surface area contributed by atoms with Gasteiger partial charge in [0.1, 0.15) is 12.4 Å². The van der Waals surface area contributed by atoms with E-state index >= 15 is 0 Å². The van der Waals surface area contributed by atoms with Crippen LogP contribution in [0.3, 0.4) is 0 Å². The quantitative estimate of drug-likeness (QED) is 0.526. The molecule has 0 saturated heterocycles. The molecule has 0 radical (unpaired) electrons. The number of hydrogen-bond acceptors (Lipinski definition) is 4. The predicted molar refractivity (Wildman–Crippen MR) is 126 cm³/mol. The second kappa shape index (κ2) is 10.3. The average Bonchev–Trinajstić information content (AvgIpc) is 2.78. The number of carbonyl (C=O) groups is 2. The Morgan fingerprint density at radius 1 is 0.939 bits per heavy atom. The molecule has 33 heavy (non-hydrogen) atoms. The van der Waals surface area contributed by atoms with E-state index in [1.54, 1.807) is 18.2 Å². The Morgan fingerprint density at radius 2 is 1.55 bits per heavy atom. The minimum Gasteiger partial charge on any atom is -0.345 e. The van der Waals surface area contributed by atoms with Gasteiger partial charge in [0, 0.05) is 0 Å². The number of nitrogens with zero attached hydrogens (tertiary/aromatic N) is 1. The van der Waals surface area contributed by atoms with Crippen molar-refractivity contribution in [3.63, 3.8) is 0 Å². The smallest absolute Gasteiger partial charge is 0.253 e. The average molecular weight is 470 g/mol. The molecule has 0 aliphatic heterocycles. The molecule has 1 atom stereocenters. The van der Waals surface area contributed by atoms with Crippen LogP contribution in [0, 0.1) is 5.82 Å². The summed E-state index contributed by atoms with van der Waals surface area (Å²) in [6.45, 7) is 1.18. The lowest BCUT2D eigenvalue weighted by atomic mass is 10.1. The first-order valence-corrected chi connectivity index (χ1v) is 12.0. The van der Waals surface area contributed by atoms with Crippen molar-refractivity contribution in [2.75, 3.05) is 22.4 Å². The molecule has 2 N–H and O–H groups in total. The van der Waals surface area contributed by atoms with Gasteiger partial charge in [-0.1, -0.05) is 54.6 Å². The maximum atomic E-state index is 14.2. The number of sulfonamides is 1. The molecule has 7 nitrogen and oxygen atoms in total. The van der Waals surface area contributed by atoms with Crippen LogP contribution in [0.1, 0.15) is 28.9 Å². The van der Waals surface area contributed by atoms with E-state index in [-0.39, 0.29) is 23.0 Å². The number of amides is 2. The zero-order valence-corrected chi connectivity index (χ0v) is 19.0. The maximum absolute atomic E-state index is 14.2. The fourth-order valence-corrected chi connectivity index (χ4v) is 4.10. The topological polar surface area (TPSA) is 95.6 Å². The highest BCUT2D eigenvalue weighted by molar-refractivity contribution is 7.92. The number of hydrogen-bond donors (Lipinski definition) is 2. The second-order valence-electron chi connectivity index (χ2n) is 7.42. The van der Waals surface area contributed by atoms with Crippen molar-refractivity contribution in [1.29, 1.82) is 0 Å². The molecule has 0 aliphatic rings. The molecule has 0 saturated carbocycles. The van der Waals surface area contributed by atoms with Gasteiger partial charge in [-0.15, -0.1) is 0 Å². The number of nitrogens with one attached hydrogen (secondary N) is 2. The summed E-state index contributed by atoms with van der Waals surface area (Å²) in [7, 11) is -3.95. The van der Waals surface area contributed by atoms with Crippen LogP contribution in [0.25, 0.3) is 0 Å². The molecule has 0 unspecified atom stereocenters. The SMILES string of the molecule is C[C@@H](NC(=O)c1ccccc1NC(=O)CN(c1ccccc1F)S(C)(=O)=O)c1ccccc1. The third-order valence-corrected chi connectivity index (χ3v) is 6.03.